The van der Waals surface area contributed by atoms with Crippen molar-refractivity contribution in [2.24, 2.45) is 0 Å². The van der Waals surface area contributed by atoms with Crippen LogP contribution in [0.4, 0.5) is 0 Å². The molecule has 0 spiro atoms. The van der Waals surface area contributed by atoms with Gasteiger partial charge in [0.1, 0.15) is 12.4 Å². The number of aromatic amines is 1. The summed E-state index contributed by atoms with van der Waals surface area (Å²) in [5.41, 5.74) is 1.32. The molecule has 0 amide bonds. The zero-order valence-electron chi connectivity index (χ0n) is 13.2. The Hall–Kier alpha value is -3.08. The zero-order chi connectivity index (χ0) is 16.9. The number of hydrogen-bond donors (Lipinski definition) is 1. The minimum absolute atomic E-state index is 0.0772. The van der Waals surface area contributed by atoms with Crippen molar-refractivity contribution in [2.75, 3.05) is 6.61 Å². The SMILES string of the molecule is CCOc1ccc(C(=O)OCc2cc3ccccc3[nH]c2=O)cc1. The van der Waals surface area contributed by atoms with Crippen LogP contribution in [0, 0.1) is 0 Å². The van der Waals surface area contributed by atoms with Crippen LogP contribution in [0.25, 0.3) is 10.9 Å². The Morgan fingerprint density at radius 3 is 2.58 bits per heavy atom. The standard InChI is InChI=1S/C19H17NO4/c1-2-23-16-9-7-13(8-10-16)19(22)24-12-15-11-14-5-3-4-6-17(14)20-18(15)21/h3-11H,2,12H2,1H3,(H,20,21). The Labute approximate surface area is 138 Å². The lowest BCUT2D eigenvalue weighted by molar-refractivity contribution is 0.0471. The second-order valence-electron chi connectivity index (χ2n) is 5.24. The predicted octanol–water partition coefficient (Wildman–Crippen LogP) is 3.28. The molecule has 0 unspecified atom stereocenters. The summed E-state index contributed by atoms with van der Waals surface area (Å²) in [5, 5.41) is 0.893. The van der Waals surface area contributed by atoms with Crippen molar-refractivity contribution in [1.82, 2.24) is 4.98 Å². The first kappa shape index (κ1) is 15.8. The number of fused-ring (bicyclic) bond motifs is 1. The molecule has 5 nitrogen and oxygen atoms in total. The summed E-state index contributed by atoms with van der Waals surface area (Å²) in [6.07, 6.45) is 0. The smallest absolute Gasteiger partial charge is 0.338 e. The third-order valence-corrected chi connectivity index (χ3v) is 3.59. The van der Waals surface area contributed by atoms with E-state index >= 15 is 0 Å². The fraction of sp³-hybridized carbons (Fsp3) is 0.158. The molecule has 0 radical (unpaired) electrons. The highest BCUT2D eigenvalue weighted by Crippen LogP contribution is 2.14. The molecular formula is C19H17NO4. The van der Waals surface area contributed by atoms with Gasteiger partial charge in [0.05, 0.1) is 17.7 Å². The number of pyridine rings is 1. The normalized spacial score (nSPS) is 10.5. The van der Waals surface area contributed by atoms with Gasteiger partial charge in [-0.3, -0.25) is 4.79 Å². The summed E-state index contributed by atoms with van der Waals surface area (Å²) in [6, 6.07) is 15.9. The van der Waals surface area contributed by atoms with E-state index in [0.717, 1.165) is 10.9 Å². The first-order valence-corrected chi connectivity index (χ1v) is 7.68. The molecule has 24 heavy (non-hydrogen) atoms. The zero-order valence-corrected chi connectivity index (χ0v) is 13.2. The lowest BCUT2D eigenvalue weighted by atomic mass is 10.1. The topological polar surface area (TPSA) is 68.4 Å². The van der Waals surface area contributed by atoms with Crippen LogP contribution in [-0.2, 0) is 11.3 Å². The highest BCUT2D eigenvalue weighted by molar-refractivity contribution is 5.89. The third kappa shape index (κ3) is 3.46. The van der Waals surface area contributed by atoms with Crippen molar-refractivity contribution in [2.45, 2.75) is 13.5 Å². The largest absolute Gasteiger partial charge is 0.494 e. The second kappa shape index (κ2) is 7.00. The number of aromatic nitrogens is 1. The van der Waals surface area contributed by atoms with Gasteiger partial charge in [-0.1, -0.05) is 18.2 Å². The Morgan fingerprint density at radius 1 is 1.08 bits per heavy atom. The maximum absolute atomic E-state index is 12.1. The maximum atomic E-state index is 12.1. The van der Waals surface area contributed by atoms with Crippen LogP contribution in [0.15, 0.2) is 59.4 Å². The Balaban J connectivity index is 1.72. The molecule has 0 saturated heterocycles. The van der Waals surface area contributed by atoms with Gasteiger partial charge in [0.15, 0.2) is 0 Å². The van der Waals surface area contributed by atoms with Crippen LogP contribution in [0.5, 0.6) is 5.75 Å². The van der Waals surface area contributed by atoms with Gasteiger partial charge >= 0.3 is 5.97 Å². The fourth-order valence-corrected chi connectivity index (χ4v) is 2.38. The number of carbonyl (C=O) groups is 1. The van der Waals surface area contributed by atoms with E-state index in [0.29, 0.717) is 23.5 Å². The molecule has 0 bridgehead atoms. The first-order valence-electron chi connectivity index (χ1n) is 7.68. The molecule has 0 saturated carbocycles. The number of benzene rings is 2. The van der Waals surface area contributed by atoms with Crippen molar-refractivity contribution in [3.8, 4) is 5.75 Å². The quantitative estimate of drug-likeness (QED) is 0.732. The van der Waals surface area contributed by atoms with Crippen molar-refractivity contribution >= 4 is 16.9 Å². The van der Waals surface area contributed by atoms with Crippen molar-refractivity contribution in [3.63, 3.8) is 0 Å². The van der Waals surface area contributed by atoms with Crippen LogP contribution < -0.4 is 10.3 Å². The molecule has 0 aliphatic carbocycles. The minimum atomic E-state index is -0.481. The predicted molar refractivity (Wildman–Crippen MR) is 91.3 cm³/mol. The van der Waals surface area contributed by atoms with Crippen molar-refractivity contribution in [3.05, 3.63) is 76.1 Å². The van der Waals surface area contributed by atoms with Gasteiger partial charge in [0, 0.05) is 5.52 Å². The van der Waals surface area contributed by atoms with E-state index < -0.39 is 5.97 Å². The minimum Gasteiger partial charge on any atom is -0.494 e. The van der Waals surface area contributed by atoms with E-state index in [1.807, 2.05) is 31.2 Å². The summed E-state index contributed by atoms with van der Waals surface area (Å²) < 4.78 is 10.6. The number of para-hydroxylation sites is 1. The third-order valence-electron chi connectivity index (χ3n) is 3.59. The van der Waals surface area contributed by atoms with Gasteiger partial charge < -0.3 is 14.5 Å². The Morgan fingerprint density at radius 2 is 1.83 bits per heavy atom. The number of carbonyl (C=O) groups excluding carboxylic acids is 1. The molecule has 2 aromatic carbocycles. The maximum Gasteiger partial charge on any atom is 0.338 e. The van der Waals surface area contributed by atoms with Gasteiger partial charge in [-0.25, -0.2) is 4.79 Å². The summed E-state index contributed by atoms with van der Waals surface area (Å²) in [7, 11) is 0. The molecule has 5 heteroatoms. The number of nitrogens with one attached hydrogen (secondary N) is 1. The van der Waals surface area contributed by atoms with Crippen molar-refractivity contribution < 1.29 is 14.3 Å². The Bertz CT molecular complexity index is 913. The molecular weight excluding hydrogens is 306 g/mol. The van der Waals surface area contributed by atoms with Crippen LogP contribution in [0.1, 0.15) is 22.8 Å². The molecule has 0 atom stereocenters. The lowest BCUT2D eigenvalue weighted by Crippen LogP contribution is -2.15. The summed E-state index contributed by atoms with van der Waals surface area (Å²) in [6.45, 7) is 2.38. The first-order chi connectivity index (χ1) is 11.7. The molecule has 3 aromatic rings. The van der Waals surface area contributed by atoms with E-state index in [-0.39, 0.29) is 12.2 Å². The van der Waals surface area contributed by atoms with E-state index in [2.05, 4.69) is 4.98 Å². The number of ether oxygens (including phenoxy) is 2. The highest BCUT2D eigenvalue weighted by atomic mass is 16.5. The summed E-state index contributed by atoms with van der Waals surface area (Å²) >= 11 is 0. The molecule has 1 aromatic heterocycles. The number of hydrogen-bond acceptors (Lipinski definition) is 4. The molecule has 0 aliphatic rings. The number of rotatable bonds is 5. The monoisotopic (exact) mass is 323 g/mol. The Kier molecular flexibility index (Phi) is 4.61. The summed E-state index contributed by atoms with van der Waals surface area (Å²) in [5.74, 6) is 0.214. The van der Waals surface area contributed by atoms with Gasteiger partial charge in [0.2, 0.25) is 0 Å². The van der Waals surface area contributed by atoms with Gasteiger partial charge in [-0.15, -0.1) is 0 Å². The molecule has 122 valence electrons. The summed E-state index contributed by atoms with van der Waals surface area (Å²) in [4.78, 5) is 26.9. The number of esters is 1. The van der Waals surface area contributed by atoms with Gasteiger partial charge in [-0.05, 0) is 48.7 Å². The van der Waals surface area contributed by atoms with E-state index in [1.54, 1.807) is 30.3 Å². The molecule has 0 fully saturated rings. The van der Waals surface area contributed by atoms with E-state index in [4.69, 9.17) is 9.47 Å². The van der Waals surface area contributed by atoms with Crippen molar-refractivity contribution in [1.29, 1.82) is 0 Å². The van der Waals surface area contributed by atoms with E-state index in [9.17, 15) is 9.59 Å². The number of H-pyrrole nitrogens is 1. The van der Waals surface area contributed by atoms with Crippen LogP contribution in [0.2, 0.25) is 0 Å². The molecule has 3 rings (SSSR count). The second-order valence-corrected chi connectivity index (χ2v) is 5.24. The van der Waals surface area contributed by atoms with Crippen LogP contribution in [-0.4, -0.2) is 17.6 Å². The average Bonchev–Trinajstić information content (AvgIpc) is 2.60. The fourth-order valence-electron chi connectivity index (χ4n) is 2.38. The van der Waals surface area contributed by atoms with Crippen LogP contribution in [0.3, 0.4) is 0 Å². The highest BCUT2D eigenvalue weighted by Gasteiger charge is 2.10. The van der Waals surface area contributed by atoms with Crippen LogP contribution >= 0.6 is 0 Å². The van der Waals surface area contributed by atoms with Gasteiger partial charge in [-0.2, -0.15) is 0 Å². The van der Waals surface area contributed by atoms with Gasteiger partial charge in [0.25, 0.3) is 5.56 Å². The average molecular weight is 323 g/mol. The molecule has 1 N–H and O–H groups in total. The lowest BCUT2D eigenvalue weighted by Gasteiger charge is -2.07. The molecule has 0 aliphatic heterocycles. The molecule has 1 heterocycles. The van der Waals surface area contributed by atoms with E-state index in [1.165, 1.54) is 0 Å².